The fourth-order valence-electron chi connectivity index (χ4n) is 2.78. The van der Waals surface area contributed by atoms with Gasteiger partial charge in [0.05, 0.1) is 5.02 Å². The molecule has 1 saturated heterocycles. The molecule has 2 aromatic carbocycles. The molecular formula is C16H14Cl2F2N2O4S2. The van der Waals surface area contributed by atoms with E-state index in [2.05, 4.69) is 0 Å². The molecule has 0 aliphatic carbocycles. The molecule has 152 valence electrons. The average Bonchev–Trinajstić information content (AvgIpc) is 2.65. The van der Waals surface area contributed by atoms with Crippen LogP contribution in [0.1, 0.15) is 0 Å². The van der Waals surface area contributed by atoms with Gasteiger partial charge in [0.25, 0.3) is 0 Å². The SMILES string of the molecule is O=S(=O)(c1cc(F)ccc1F)N1CCN(S(=O)(=O)c2cc(Cl)ccc2Cl)CC1. The van der Waals surface area contributed by atoms with E-state index in [0.29, 0.717) is 6.07 Å². The zero-order valence-corrected chi connectivity index (χ0v) is 17.3. The Balaban J connectivity index is 1.82. The number of halogens is 4. The molecule has 0 bridgehead atoms. The van der Waals surface area contributed by atoms with E-state index in [0.717, 1.165) is 20.7 Å². The van der Waals surface area contributed by atoms with Crippen molar-refractivity contribution in [1.82, 2.24) is 8.61 Å². The van der Waals surface area contributed by atoms with Crippen molar-refractivity contribution >= 4 is 43.2 Å². The van der Waals surface area contributed by atoms with Gasteiger partial charge in [-0.05, 0) is 36.4 Å². The second-order valence-electron chi connectivity index (χ2n) is 5.96. The second kappa shape index (κ2) is 7.85. The first-order valence-electron chi connectivity index (χ1n) is 7.94. The lowest BCUT2D eigenvalue weighted by atomic mass is 10.3. The highest BCUT2D eigenvalue weighted by molar-refractivity contribution is 7.89. The van der Waals surface area contributed by atoms with Gasteiger partial charge >= 0.3 is 0 Å². The van der Waals surface area contributed by atoms with Crippen LogP contribution in [0, 0.1) is 11.6 Å². The first kappa shape index (κ1) is 21.4. The molecule has 6 nitrogen and oxygen atoms in total. The van der Waals surface area contributed by atoms with Gasteiger partial charge in [-0.25, -0.2) is 25.6 Å². The minimum absolute atomic E-state index is 0.0127. The molecule has 1 fully saturated rings. The molecule has 3 rings (SSSR count). The summed E-state index contributed by atoms with van der Waals surface area (Å²) in [6.45, 7) is -0.811. The van der Waals surface area contributed by atoms with E-state index in [4.69, 9.17) is 23.2 Å². The Morgan fingerprint density at radius 1 is 0.750 bits per heavy atom. The Bertz CT molecular complexity index is 1030. The minimum Gasteiger partial charge on any atom is -0.207 e. The average molecular weight is 471 g/mol. The normalized spacial score (nSPS) is 17.0. The van der Waals surface area contributed by atoms with Crippen molar-refractivity contribution in [3.8, 4) is 0 Å². The monoisotopic (exact) mass is 470 g/mol. The van der Waals surface area contributed by atoms with Crippen LogP contribution in [0.15, 0.2) is 46.2 Å². The maximum atomic E-state index is 13.9. The Hall–Kier alpha value is -1.30. The zero-order valence-electron chi connectivity index (χ0n) is 14.1. The molecule has 1 aliphatic heterocycles. The lowest BCUT2D eigenvalue weighted by molar-refractivity contribution is 0.272. The Labute approximate surface area is 171 Å². The van der Waals surface area contributed by atoms with Crippen molar-refractivity contribution in [2.45, 2.75) is 9.79 Å². The Kier molecular flexibility index (Phi) is 6.00. The summed E-state index contributed by atoms with van der Waals surface area (Å²) < 4.78 is 80.0. The fourth-order valence-corrected chi connectivity index (χ4v) is 6.44. The van der Waals surface area contributed by atoms with Gasteiger partial charge in [-0.3, -0.25) is 0 Å². The standard InChI is InChI=1S/C16H14Cl2F2N2O4S2/c17-11-1-3-13(18)15(9-11)27(23,24)21-5-7-22(8-6-21)28(25,26)16-10-12(19)2-4-14(16)20/h1-4,9-10H,5-8H2. The van der Waals surface area contributed by atoms with Gasteiger partial charge in [-0.1, -0.05) is 23.2 Å². The van der Waals surface area contributed by atoms with E-state index >= 15 is 0 Å². The van der Waals surface area contributed by atoms with Crippen molar-refractivity contribution in [2.24, 2.45) is 0 Å². The van der Waals surface area contributed by atoms with Crippen molar-refractivity contribution in [3.63, 3.8) is 0 Å². The lowest BCUT2D eigenvalue weighted by Crippen LogP contribution is -2.50. The summed E-state index contributed by atoms with van der Waals surface area (Å²) in [6.07, 6.45) is 0. The highest BCUT2D eigenvalue weighted by atomic mass is 35.5. The summed E-state index contributed by atoms with van der Waals surface area (Å²) in [6, 6.07) is 6.15. The summed E-state index contributed by atoms with van der Waals surface area (Å²) in [5.41, 5.74) is 0. The molecule has 2 aromatic rings. The molecule has 0 atom stereocenters. The van der Waals surface area contributed by atoms with Crippen LogP contribution in [0.2, 0.25) is 10.0 Å². The third kappa shape index (κ3) is 4.03. The lowest BCUT2D eigenvalue weighted by Gasteiger charge is -2.33. The maximum absolute atomic E-state index is 13.9. The van der Waals surface area contributed by atoms with Crippen molar-refractivity contribution in [3.05, 3.63) is 58.1 Å². The number of nitrogens with zero attached hydrogens (tertiary/aromatic N) is 2. The van der Waals surface area contributed by atoms with Gasteiger partial charge in [0.15, 0.2) is 0 Å². The van der Waals surface area contributed by atoms with E-state index < -0.39 is 36.6 Å². The number of benzene rings is 2. The van der Waals surface area contributed by atoms with Crippen molar-refractivity contribution in [2.75, 3.05) is 26.2 Å². The molecule has 0 N–H and O–H groups in total. The van der Waals surface area contributed by atoms with Crippen LogP contribution in [0.4, 0.5) is 8.78 Å². The zero-order chi connectivity index (χ0) is 20.7. The first-order valence-corrected chi connectivity index (χ1v) is 11.6. The molecule has 0 saturated carbocycles. The molecule has 0 unspecified atom stereocenters. The highest BCUT2D eigenvalue weighted by Crippen LogP contribution is 2.29. The highest BCUT2D eigenvalue weighted by Gasteiger charge is 2.35. The topological polar surface area (TPSA) is 74.8 Å². The molecule has 0 spiro atoms. The van der Waals surface area contributed by atoms with Crippen molar-refractivity contribution in [1.29, 1.82) is 0 Å². The molecule has 0 aromatic heterocycles. The summed E-state index contributed by atoms with van der Waals surface area (Å²) >= 11 is 11.8. The van der Waals surface area contributed by atoms with Gasteiger partial charge in [0.1, 0.15) is 21.4 Å². The predicted molar refractivity (Wildman–Crippen MR) is 100 cm³/mol. The first-order chi connectivity index (χ1) is 13.0. The molecule has 0 radical (unpaired) electrons. The van der Waals surface area contributed by atoms with Crippen LogP contribution in [-0.4, -0.2) is 51.6 Å². The molecule has 28 heavy (non-hydrogen) atoms. The smallest absolute Gasteiger partial charge is 0.207 e. The van der Waals surface area contributed by atoms with Crippen LogP contribution in [0.5, 0.6) is 0 Å². The summed E-state index contributed by atoms with van der Waals surface area (Å²) in [5.74, 6) is -1.97. The van der Waals surface area contributed by atoms with Gasteiger partial charge in [0.2, 0.25) is 20.0 Å². The third-order valence-corrected chi connectivity index (χ3v) is 8.75. The molecule has 0 amide bonds. The molecule has 1 heterocycles. The Morgan fingerprint density at radius 3 is 1.86 bits per heavy atom. The van der Waals surface area contributed by atoms with Crippen LogP contribution < -0.4 is 0 Å². The summed E-state index contributed by atoms with van der Waals surface area (Å²) in [4.78, 5) is -0.976. The minimum atomic E-state index is -4.31. The number of hydrogen-bond acceptors (Lipinski definition) is 4. The van der Waals surface area contributed by atoms with Crippen LogP contribution in [0.3, 0.4) is 0 Å². The number of hydrogen-bond donors (Lipinski definition) is 0. The molecule has 12 heteroatoms. The maximum Gasteiger partial charge on any atom is 0.246 e. The van der Waals surface area contributed by atoms with Gasteiger partial charge in [-0.2, -0.15) is 8.61 Å². The van der Waals surface area contributed by atoms with Gasteiger partial charge < -0.3 is 0 Å². The summed E-state index contributed by atoms with van der Waals surface area (Å²) in [7, 11) is -8.32. The number of piperazine rings is 1. The van der Waals surface area contributed by atoms with E-state index in [1.165, 1.54) is 18.2 Å². The van der Waals surface area contributed by atoms with Crippen LogP contribution in [0.25, 0.3) is 0 Å². The van der Waals surface area contributed by atoms with E-state index in [9.17, 15) is 25.6 Å². The largest absolute Gasteiger partial charge is 0.246 e. The number of rotatable bonds is 4. The second-order valence-corrected chi connectivity index (χ2v) is 10.6. The molecular weight excluding hydrogens is 457 g/mol. The Morgan fingerprint density at radius 2 is 1.29 bits per heavy atom. The van der Waals surface area contributed by atoms with Crippen LogP contribution in [-0.2, 0) is 20.0 Å². The molecule has 1 aliphatic rings. The van der Waals surface area contributed by atoms with Gasteiger partial charge in [0, 0.05) is 31.2 Å². The number of sulfonamides is 2. The van der Waals surface area contributed by atoms with E-state index in [1.54, 1.807) is 0 Å². The van der Waals surface area contributed by atoms with Crippen LogP contribution >= 0.6 is 23.2 Å². The predicted octanol–water partition coefficient (Wildman–Crippen LogP) is 2.97. The van der Waals surface area contributed by atoms with E-state index in [1.807, 2.05) is 0 Å². The quantitative estimate of drug-likeness (QED) is 0.688. The van der Waals surface area contributed by atoms with Crippen molar-refractivity contribution < 1.29 is 25.6 Å². The third-order valence-electron chi connectivity index (χ3n) is 4.22. The summed E-state index contributed by atoms with van der Waals surface area (Å²) in [5, 5.41) is 0.173. The van der Waals surface area contributed by atoms with E-state index in [-0.39, 0.29) is 41.1 Å². The fraction of sp³-hybridized carbons (Fsp3) is 0.250. The van der Waals surface area contributed by atoms with Gasteiger partial charge in [-0.15, -0.1) is 0 Å².